The van der Waals surface area contributed by atoms with Crippen molar-refractivity contribution in [3.63, 3.8) is 0 Å². The maximum atomic E-state index is 12.3. The molecule has 2 aliphatic carbocycles. The van der Waals surface area contributed by atoms with Crippen molar-refractivity contribution in [2.75, 3.05) is 39.8 Å². The minimum Gasteiger partial charge on any atom is -0.356 e. The number of likely N-dealkylation sites (tertiary alicyclic amines) is 2. The van der Waals surface area contributed by atoms with Crippen molar-refractivity contribution in [2.45, 2.75) is 57.4 Å². The number of hydrogen-bond acceptors (Lipinski definition) is 3. The van der Waals surface area contributed by atoms with Crippen molar-refractivity contribution >= 4 is 5.91 Å². The Morgan fingerprint density at radius 3 is 2.35 bits per heavy atom. The predicted octanol–water partition coefficient (Wildman–Crippen LogP) is 2.10. The predicted molar refractivity (Wildman–Crippen MR) is 92.2 cm³/mol. The summed E-state index contributed by atoms with van der Waals surface area (Å²) in [5, 5.41) is 3.27. The topological polar surface area (TPSA) is 35.6 Å². The summed E-state index contributed by atoms with van der Waals surface area (Å²) in [7, 11) is 2.23. The van der Waals surface area contributed by atoms with Crippen LogP contribution in [-0.2, 0) is 4.79 Å². The van der Waals surface area contributed by atoms with Crippen molar-refractivity contribution in [2.24, 2.45) is 17.3 Å². The maximum Gasteiger partial charge on any atom is 0.223 e. The van der Waals surface area contributed by atoms with Gasteiger partial charge in [0.1, 0.15) is 0 Å². The van der Waals surface area contributed by atoms with E-state index in [0.29, 0.717) is 23.2 Å². The molecule has 2 saturated heterocycles. The zero-order chi connectivity index (χ0) is 15.9. The van der Waals surface area contributed by atoms with E-state index in [1.165, 1.54) is 77.5 Å². The zero-order valence-corrected chi connectivity index (χ0v) is 14.7. The zero-order valence-electron chi connectivity index (χ0n) is 14.7. The van der Waals surface area contributed by atoms with E-state index < -0.39 is 0 Å². The summed E-state index contributed by atoms with van der Waals surface area (Å²) in [6.45, 7) is 5.91. The number of piperidine rings is 2. The molecular weight excluding hydrogens is 286 g/mol. The molecule has 4 aliphatic rings. The van der Waals surface area contributed by atoms with Crippen molar-refractivity contribution in [1.82, 2.24) is 15.1 Å². The molecule has 2 saturated carbocycles. The van der Waals surface area contributed by atoms with Crippen molar-refractivity contribution in [1.29, 1.82) is 0 Å². The molecule has 0 unspecified atom stereocenters. The molecule has 0 radical (unpaired) electrons. The summed E-state index contributed by atoms with van der Waals surface area (Å²) in [5.74, 6) is 1.44. The lowest BCUT2D eigenvalue weighted by molar-refractivity contribution is -0.123. The smallest absolute Gasteiger partial charge is 0.223 e. The Bertz CT molecular complexity index is 432. The highest BCUT2D eigenvalue weighted by Crippen LogP contribution is 2.65. The van der Waals surface area contributed by atoms with E-state index in [4.69, 9.17) is 0 Å². The number of carbonyl (C=O) groups is 1. The first-order valence-corrected chi connectivity index (χ1v) is 9.87. The van der Waals surface area contributed by atoms with Gasteiger partial charge in [-0.25, -0.2) is 0 Å². The largest absolute Gasteiger partial charge is 0.356 e. The van der Waals surface area contributed by atoms with Gasteiger partial charge in [-0.2, -0.15) is 0 Å². The molecule has 4 nitrogen and oxygen atoms in total. The molecule has 4 heteroatoms. The quantitative estimate of drug-likeness (QED) is 0.862. The molecule has 2 aliphatic heterocycles. The first kappa shape index (κ1) is 15.9. The van der Waals surface area contributed by atoms with Crippen LogP contribution in [0.5, 0.6) is 0 Å². The van der Waals surface area contributed by atoms with Crippen LogP contribution in [0.25, 0.3) is 0 Å². The number of hydrogen-bond donors (Lipinski definition) is 1. The highest BCUT2D eigenvalue weighted by Gasteiger charge is 2.60. The lowest BCUT2D eigenvalue weighted by Gasteiger charge is -2.41. The Morgan fingerprint density at radius 1 is 1.09 bits per heavy atom. The third kappa shape index (κ3) is 3.30. The standard InChI is InChI=1S/C19H33N3O/c1-21-9-5-16(6-10-21)22-11-3-15(4-12-22)14-20-18(23)17-13-19(17)7-2-8-19/h15-17H,2-14H2,1H3,(H,20,23)/t17-/m0/s1. The average Bonchev–Trinajstić information content (AvgIpc) is 3.30. The highest BCUT2D eigenvalue weighted by atomic mass is 16.2. The molecule has 2 heterocycles. The van der Waals surface area contributed by atoms with Crippen LogP contribution in [0.3, 0.4) is 0 Å². The normalized spacial score (nSPS) is 32.7. The van der Waals surface area contributed by atoms with Gasteiger partial charge < -0.3 is 15.1 Å². The first-order valence-electron chi connectivity index (χ1n) is 9.87. The molecule has 4 fully saturated rings. The second-order valence-electron chi connectivity index (χ2n) is 8.73. The van der Waals surface area contributed by atoms with Crippen LogP contribution < -0.4 is 5.32 Å². The summed E-state index contributed by atoms with van der Waals surface area (Å²) in [4.78, 5) is 17.4. The Balaban J connectivity index is 1.15. The van der Waals surface area contributed by atoms with Crippen molar-refractivity contribution in [3.8, 4) is 0 Å². The Kier molecular flexibility index (Phi) is 4.39. The molecule has 0 aromatic carbocycles. The van der Waals surface area contributed by atoms with Crippen molar-refractivity contribution < 1.29 is 4.79 Å². The van der Waals surface area contributed by atoms with Crippen LogP contribution in [0.2, 0.25) is 0 Å². The summed E-state index contributed by atoms with van der Waals surface area (Å²) in [5.41, 5.74) is 0.474. The van der Waals surface area contributed by atoms with Gasteiger partial charge in [0, 0.05) is 18.5 Å². The van der Waals surface area contributed by atoms with Gasteiger partial charge in [-0.05, 0) is 89.5 Å². The van der Waals surface area contributed by atoms with E-state index in [9.17, 15) is 4.79 Å². The summed E-state index contributed by atoms with van der Waals surface area (Å²) >= 11 is 0. The molecule has 0 bridgehead atoms. The molecule has 0 aromatic heterocycles. The van der Waals surface area contributed by atoms with Gasteiger partial charge in [0.15, 0.2) is 0 Å². The monoisotopic (exact) mass is 319 g/mol. The van der Waals surface area contributed by atoms with Crippen LogP contribution in [0.4, 0.5) is 0 Å². The summed E-state index contributed by atoms with van der Waals surface area (Å²) < 4.78 is 0. The van der Waals surface area contributed by atoms with Gasteiger partial charge in [0.05, 0.1) is 0 Å². The van der Waals surface area contributed by atoms with Crippen LogP contribution in [0.1, 0.15) is 51.4 Å². The summed E-state index contributed by atoms with van der Waals surface area (Å²) in [6, 6.07) is 0.812. The number of carbonyl (C=O) groups excluding carboxylic acids is 1. The molecule has 4 rings (SSSR count). The SMILES string of the molecule is CN1CCC(N2CCC(CNC(=O)[C@@H]3CC34CCC4)CC2)CC1. The van der Waals surface area contributed by atoms with Gasteiger partial charge in [-0.1, -0.05) is 6.42 Å². The van der Waals surface area contributed by atoms with Crippen LogP contribution >= 0.6 is 0 Å². The number of nitrogens with one attached hydrogen (secondary N) is 1. The van der Waals surface area contributed by atoms with Gasteiger partial charge >= 0.3 is 0 Å². The third-order valence-electron chi connectivity index (χ3n) is 7.27. The number of nitrogens with zero attached hydrogens (tertiary/aromatic N) is 2. The fraction of sp³-hybridized carbons (Fsp3) is 0.947. The Morgan fingerprint density at radius 2 is 1.78 bits per heavy atom. The summed E-state index contributed by atoms with van der Waals surface area (Å²) in [6.07, 6.45) is 10.3. The van der Waals surface area contributed by atoms with E-state index in [0.717, 1.165) is 12.6 Å². The fourth-order valence-electron chi connectivity index (χ4n) is 5.15. The molecule has 1 amide bonds. The van der Waals surface area contributed by atoms with Gasteiger partial charge in [-0.3, -0.25) is 4.79 Å². The van der Waals surface area contributed by atoms with E-state index in [2.05, 4.69) is 22.2 Å². The Hall–Kier alpha value is -0.610. The highest BCUT2D eigenvalue weighted by molar-refractivity contribution is 5.82. The van der Waals surface area contributed by atoms with Gasteiger partial charge in [0.25, 0.3) is 0 Å². The fourth-order valence-corrected chi connectivity index (χ4v) is 5.15. The molecule has 1 N–H and O–H groups in total. The van der Waals surface area contributed by atoms with Gasteiger partial charge in [0.2, 0.25) is 5.91 Å². The second kappa shape index (κ2) is 6.36. The molecule has 1 spiro atoms. The average molecular weight is 319 g/mol. The van der Waals surface area contributed by atoms with E-state index in [-0.39, 0.29) is 0 Å². The Labute approximate surface area is 141 Å². The van der Waals surface area contributed by atoms with Crippen LogP contribution in [-0.4, -0.2) is 61.5 Å². The third-order valence-corrected chi connectivity index (χ3v) is 7.27. The maximum absolute atomic E-state index is 12.3. The minimum absolute atomic E-state index is 0.363. The lowest BCUT2D eigenvalue weighted by Crippen LogP contribution is -2.48. The molecular formula is C19H33N3O. The van der Waals surface area contributed by atoms with Crippen LogP contribution in [0.15, 0.2) is 0 Å². The second-order valence-corrected chi connectivity index (χ2v) is 8.73. The first-order chi connectivity index (χ1) is 11.2. The van der Waals surface area contributed by atoms with E-state index in [1.807, 2.05) is 0 Å². The van der Waals surface area contributed by atoms with E-state index in [1.54, 1.807) is 0 Å². The number of amides is 1. The molecule has 1 atom stereocenters. The number of rotatable bonds is 4. The van der Waals surface area contributed by atoms with E-state index >= 15 is 0 Å². The molecule has 23 heavy (non-hydrogen) atoms. The minimum atomic E-state index is 0.363. The lowest BCUT2D eigenvalue weighted by atomic mass is 9.79. The van der Waals surface area contributed by atoms with Crippen LogP contribution in [0, 0.1) is 17.3 Å². The molecule has 0 aromatic rings. The molecule has 130 valence electrons. The van der Waals surface area contributed by atoms with Crippen molar-refractivity contribution in [3.05, 3.63) is 0 Å². The van der Waals surface area contributed by atoms with Gasteiger partial charge in [-0.15, -0.1) is 0 Å².